The first-order valence-corrected chi connectivity index (χ1v) is 6.75. The topological polar surface area (TPSA) is 36.9 Å². The Balaban J connectivity index is 2.95. The standard InChI is InChI=1S/C16H24O4/c1-7-18-13(5)20-16-9-14(11(2)3)8-15(10-16)19-12(4)17-6/h8-10,12-13H,2,7H2,1,3-6H3. The van der Waals surface area contributed by atoms with Gasteiger partial charge >= 0.3 is 0 Å². The fourth-order valence-electron chi connectivity index (χ4n) is 1.65. The smallest absolute Gasteiger partial charge is 0.196 e. The van der Waals surface area contributed by atoms with Gasteiger partial charge in [0.2, 0.25) is 0 Å². The summed E-state index contributed by atoms with van der Waals surface area (Å²) in [6, 6.07) is 5.65. The highest BCUT2D eigenvalue weighted by Gasteiger charge is 2.09. The highest BCUT2D eigenvalue weighted by atomic mass is 16.7. The Morgan fingerprint density at radius 1 is 1.10 bits per heavy atom. The maximum absolute atomic E-state index is 5.72. The molecule has 0 fully saturated rings. The van der Waals surface area contributed by atoms with Crippen molar-refractivity contribution in [2.75, 3.05) is 13.7 Å². The predicted molar refractivity (Wildman–Crippen MR) is 80.0 cm³/mol. The summed E-state index contributed by atoms with van der Waals surface area (Å²) in [5.41, 5.74) is 1.90. The summed E-state index contributed by atoms with van der Waals surface area (Å²) in [6.45, 7) is 12.1. The Morgan fingerprint density at radius 3 is 2.10 bits per heavy atom. The van der Waals surface area contributed by atoms with Crippen molar-refractivity contribution < 1.29 is 18.9 Å². The molecule has 1 aromatic carbocycles. The van der Waals surface area contributed by atoms with Gasteiger partial charge in [-0.2, -0.15) is 0 Å². The summed E-state index contributed by atoms with van der Waals surface area (Å²) < 4.78 is 21.9. The van der Waals surface area contributed by atoms with E-state index in [1.165, 1.54) is 0 Å². The molecule has 0 bridgehead atoms. The molecule has 0 saturated carbocycles. The average molecular weight is 280 g/mol. The Kier molecular flexibility index (Phi) is 6.55. The van der Waals surface area contributed by atoms with Crippen molar-refractivity contribution in [2.45, 2.75) is 40.3 Å². The highest BCUT2D eigenvalue weighted by molar-refractivity contribution is 5.64. The van der Waals surface area contributed by atoms with Crippen molar-refractivity contribution in [2.24, 2.45) is 0 Å². The second kappa shape index (κ2) is 7.92. The zero-order valence-electron chi connectivity index (χ0n) is 12.9. The Hall–Kier alpha value is -1.52. The van der Waals surface area contributed by atoms with Gasteiger partial charge in [0, 0.05) is 19.8 Å². The molecule has 0 aliphatic carbocycles. The summed E-state index contributed by atoms with van der Waals surface area (Å²) >= 11 is 0. The molecule has 0 spiro atoms. The molecule has 1 rings (SSSR count). The van der Waals surface area contributed by atoms with E-state index < -0.39 is 0 Å². The van der Waals surface area contributed by atoms with Crippen LogP contribution in [0.25, 0.3) is 5.57 Å². The first-order chi connectivity index (χ1) is 9.46. The molecule has 4 heteroatoms. The van der Waals surface area contributed by atoms with Crippen molar-refractivity contribution in [1.29, 1.82) is 0 Å². The molecule has 0 aliphatic heterocycles. The van der Waals surface area contributed by atoms with Crippen LogP contribution in [0.1, 0.15) is 33.3 Å². The van der Waals surface area contributed by atoms with Crippen LogP contribution in [0.2, 0.25) is 0 Å². The number of ether oxygens (including phenoxy) is 4. The van der Waals surface area contributed by atoms with Crippen molar-refractivity contribution in [3.63, 3.8) is 0 Å². The lowest BCUT2D eigenvalue weighted by atomic mass is 10.1. The molecule has 2 atom stereocenters. The van der Waals surface area contributed by atoms with Gasteiger partial charge in [-0.15, -0.1) is 0 Å². The summed E-state index contributed by atoms with van der Waals surface area (Å²) in [5, 5.41) is 0. The van der Waals surface area contributed by atoms with E-state index in [1.807, 2.05) is 45.9 Å². The highest BCUT2D eigenvalue weighted by Crippen LogP contribution is 2.28. The van der Waals surface area contributed by atoms with E-state index in [0.29, 0.717) is 18.1 Å². The third-order valence-electron chi connectivity index (χ3n) is 2.71. The molecule has 2 unspecified atom stereocenters. The van der Waals surface area contributed by atoms with Crippen molar-refractivity contribution >= 4 is 5.57 Å². The van der Waals surface area contributed by atoms with Crippen LogP contribution in [0, 0.1) is 0 Å². The Labute approximate surface area is 121 Å². The van der Waals surface area contributed by atoms with E-state index in [1.54, 1.807) is 7.11 Å². The number of hydrogen-bond acceptors (Lipinski definition) is 4. The van der Waals surface area contributed by atoms with E-state index >= 15 is 0 Å². The van der Waals surface area contributed by atoms with E-state index in [4.69, 9.17) is 18.9 Å². The van der Waals surface area contributed by atoms with E-state index in [0.717, 1.165) is 11.1 Å². The number of methoxy groups -OCH3 is 1. The van der Waals surface area contributed by atoms with Crippen molar-refractivity contribution in [1.82, 2.24) is 0 Å². The number of benzene rings is 1. The summed E-state index contributed by atoms with van der Waals surface area (Å²) in [5.74, 6) is 1.36. The van der Waals surface area contributed by atoms with Crippen LogP contribution in [-0.4, -0.2) is 26.3 Å². The van der Waals surface area contributed by atoms with E-state index in [9.17, 15) is 0 Å². The molecule has 0 amide bonds. The van der Waals surface area contributed by atoms with Gasteiger partial charge < -0.3 is 18.9 Å². The van der Waals surface area contributed by atoms with Crippen LogP contribution >= 0.6 is 0 Å². The third-order valence-corrected chi connectivity index (χ3v) is 2.71. The molecule has 112 valence electrons. The largest absolute Gasteiger partial charge is 0.465 e. The normalized spacial score (nSPS) is 13.7. The van der Waals surface area contributed by atoms with Crippen LogP contribution in [0.5, 0.6) is 11.5 Å². The minimum absolute atomic E-state index is 0.312. The van der Waals surface area contributed by atoms with Crippen LogP contribution in [0.3, 0.4) is 0 Å². The SMILES string of the molecule is C=C(C)c1cc(OC(C)OC)cc(OC(C)OCC)c1. The van der Waals surface area contributed by atoms with Crippen molar-refractivity contribution in [3.05, 3.63) is 30.3 Å². The van der Waals surface area contributed by atoms with E-state index in [2.05, 4.69) is 6.58 Å². The van der Waals surface area contributed by atoms with Gasteiger partial charge in [-0.25, -0.2) is 0 Å². The van der Waals surface area contributed by atoms with Crippen LogP contribution in [-0.2, 0) is 9.47 Å². The first-order valence-electron chi connectivity index (χ1n) is 6.75. The molecule has 0 aromatic heterocycles. The predicted octanol–water partition coefficient (Wildman–Crippen LogP) is 3.85. The Morgan fingerprint density at radius 2 is 1.65 bits per heavy atom. The molecule has 0 aliphatic rings. The lowest BCUT2D eigenvalue weighted by Crippen LogP contribution is -2.17. The summed E-state index contributed by atoms with van der Waals surface area (Å²) in [4.78, 5) is 0. The number of allylic oxidation sites excluding steroid dienone is 1. The molecular weight excluding hydrogens is 256 g/mol. The van der Waals surface area contributed by atoms with Gasteiger partial charge in [0.1, 0.15) is 11.5 Å². The average Bonchev–Trinajstić information content (AvgIpc) is 2.38. The van der Waals surface area contributed by atoms with Gasteiger partial charge in [-0.05, 0) is 45.4 Å². The second-order valence-corrected chi connectivity index (χ2v) is 4.54. The van der Waals surface area contributed by atoms with Crippen molar-refractivity contribution in [3.8, 4) is 11.5 Å². The lowest BCUT2D eigenvalue weighted by molar-refractivity contribution is -0.0619. The zero-order valence-corrected chi connectivity index (χ0v) is 12.9. The lowest BCUT2D eigenvalue weighted by Gasteiger charge is -2.18. The Bertz CT molecular complexity index is 442. The first kappa shape index (κ1) is 16.5. The maximum Gasteiger partial charge on any atom is 0.196 e. The molecular formula is C16H24O4. The van der Waals surface area contributed by atoms with Gasteiger partial charge in [0.15, 0.2) is 12.6 Å². The fourth-order valence-corrected chi connectivity index (χ4v) is 1.65. The minimum Gasteiger partial charge on any atom is -0.465 e. The van der Waals surface area contributed by atoms with Crippen LogP contribution in [0.15, 0.2) is 24.8 Å². The number of hydrogen-bond donors (Lipinski definition) is 0. The van der Waals surface area contributed by atoms with Crippen LogP contribution < -0.4 is 9.47 Å². The molecule has 0 saturated heterocycles. The minimum atomic E-state index is -0.326. The monoisotopic (exact) mass is 280 g/mol. The van der Waals surface area contributed by atoms with Gasteiger partial charge in [0.25, 0.3) is 0 Å². The van der Waals surface area contributed by atoms with Gasteiger partial charge in [-0.1, -0.05) is 12.2 Å². The molecule has 4 nitrogen and oxygen atoms in total. The molecule has 0 radical (unpaired) electrons. The summed E-state index contributed by atoms with van der Waals surface area (Å²) in [6.07, 6.45) is -0.638. The van der Waals surface area contributed by atoms with Crippen LogP contribution in [0.4, 0.5) is 0 Å². The molecule has 1 aromatic rings. The van der Waals surface area contributed by atoms with Gasteiger partial charge in [0.05, 0.1) is 0 Å². The fraction of sp³-hybridized carbons (Fsp3) is 0.500. The quantitative estimate of drug-likeness (QED) is 0.678. The molecule has 0 heterocycles. The zero-order chi connectivity index (χ0) is 15.1. The second-order valence-electron chi connectivity index (χ2n) is 4.54. The van der Waals surface area contributed by atoms with E-state index in [-0.39, 0.29) is 12.6 Å². The molecule has 0 N–H and O–H groups in total. The maximum atomic E-state index is 5.72. The summed E-state index contributed by atoms with van der Waals surface area (Å²) in [7, 11) is 1.60. The van der Waals surface area contributed by atoms with Gasteiger partial charge in [-0.3, -0.25) is 0 Å². The number of rotatable bonds is 8. The molecule has 20 heavy (non-hydrogen) atoms. The third kappa shape index (κ3) is 5.23.